The van der Waals surface area contributed by atoms with E-state index in [-0.39, 0.29) is 85.0 Å². The summed E-state index contributed by atoms with van der Waals surface area (Å²) >= 11 is 7.19. The normalized spacial score (nSPS) is 12.4. The highest BCUT2D eigenvalue weighted by atomic mass is 79.9. The number of aromatic nitrogens is 4. The van der Waals surface area contributed by atoms with Crippen LogP contribution < -0.4 is 18.9 Å². The van der Waals surface area contributed by atoms with Gasteiger partial charge in [0.15, 0.2) is 0 Å². The number of esters is 2. The Morgan fingerprint density at radius 2 is 0.670 bits per heavy atom. The largest absolute Gasteiger partial charge is 0.489 e. The molecule has 8 bridgehead atoms. The van der Waals surface area contributed by atoms with Crippen LogP contribution in [0.2, 0.25) is 0 Å². The van der Waals surface area contributed by atoms with Crippen molar-refractivity contribution in [3.63, 3.8) is 0 Å². The van der Waals surface area contributed by atoms with Crippen molar-refractivity contribution in [3.05, 3.63) is 165 Å². The number of rotatable bonds is 22. The van der Waals surface area contributed by atoms with E-state index in [0.717, 1.165) is 77.0 Å². The van der Waals surface area contributed by atoms with E-state index in [1.165, 1.54) is 0 Å². The molecule has 2 N–H and O–H groups in total. The van der Waals surface area contributed by atoms with Gasteiger partial charge < -0.3 is 38.4 Å². The maximum atomic E-state index is 14.1. The zero-order valence-electron chi connectivity index (χ0n) is 57.0. The lowest BCUT2D eigenvalue weighted by atomic mass is 9.94. The van der Waals surface area contributed by atoms with Gasteiger partial charge in [-0.1, -0.05) is 171 Å². The summed E-state index contributed by atoms with van der Waals surface area (Å²) < 4.78 is 43.0. The fraction of sp³-hybridized carbons (Fsp3) is 0.375. The molecule has 2 aliphatic rings. The van der Waals surface area contributed by atoms with Crippen molar-refractivity contribution in [1.29, 1.82) is 0 Å². The molecule has 0 amide bonds. The highest BCUT2D eigenvalue weighted by Gasteiger charge is 2.33. The molecule has 6 aromatic carbocycles. The van der Waals surface area contributed by atoms with Crippen LogP contribution in [0.1, 0.15) is 143 Å². The molecule has 9 aromatic rings. The first-order chi connectivity index (χ1) is 44.9. The van der Waals surface area contributed by atoms with Gasteiger partial charge in [0.05, 0.1) is 56.1 Å². The molecule has 0 spiro atoms. The second-order valence-electron chi connectivity index (χ2n) is 27.9. The van der Waals surface area contributed by atoms with Gasteiger partial charge in [0.2, 0.25) is 0 Å². The number of nitrogens with zero attached hydrogens (tertiary/aromatic N) is 2. The monoisotopic (exact) mass is 1390 g/mol. The topological polar surface area (TPSA) is 147 Å². The molecule has 0 radical (unpaired) electrons. The number of H-pyrrole nitrogens is 2. The van der Waals surface area contributed by atoms with E-state index in [4.69, 9.17) is 38.4 Å². The Labute approximate surface area is 570 Å². The minimum atomic E-state index is -0.468. The number of carbonyl (C=O) groups is 2. The molecule has 0 saturated carbocycles. The van der Waals surface area contributed by atoms with E-state index in [1.54, 1.807) is 12.1 Å². The Balaban J connectivity index is 1.30. The van der Waals surface area contributed by atoms with Crippen LogP contribution >= 0.6 is 31.9 Å². The number of aromatic amines is 2. The fourth-order valence-electron chi connectivity index (χ4n) is 13.9. The Bertz CT molecular complexity index is 4180. The highest BCUT2D eigenvalue weighted by Crippen LogP contribution is 2.50. The van der Waals surface area contributed by atoms with Crippen molar-refractivity contribution in [2.75, 3.05) is 0 Å². The molecular formula is C80H88Br2N4O8. The second kappa shape index (κ2) is 28.2. The van der Waals surface area contributed by atoms with E-state index < -0.39 is 11.9 Å². The third-order valence-electron chi connectivity index (χ3n) is 18.1. The van der Waals surface area contributed by atoms with Crippen LogP contribution in [0, 0.1) is 47.3 Å². The summed E-state index contributed by atoms with van der Waals surface area (Å²) in [5.41, 5.74) is 10.9. The average Bonchev–Trinajstić information content (AvgIpc) is 1.58. The summed E-state index contributed by atoms with van der Waals surface area (Å²) in [6.07, 6.45) is -0.588. The van der Waals surface area contributed by atoms with Crippen molar-refractivity contribution in [1.82, 2.24) is 19.9 Å². The Morgan fingerprint density at radius 3 is 1.00 bits per heavy atom. The van der Waals surface area contributed by atoms with Crippen molar-refractivity contribution in [2.24, 2.45) is 47.3 Å². The summed E-state index contributed by atoms with van der Waals surface area (Å²) in [6.45, 7) is 35.0. The number of nitrogens with one attached hydrogen (secondary N) is 2. The second-order valence-corrected chi connectivity index (χ2v) is 29.7. The lowest BCUT2D eigenvalue weighted by Gasteiger charge is -2.27. The molecule has 0 saturated heterocycles. The molecule has 11 rings (SSSR count). The Kier molecular flexibility index (Phi) is 20.2. The standard InChI is InChI=1S/C80H88Br2N4O8/c1-41(2)75(42(3)4)91-65-29-21-25-53-57-35-63-73-67(93-77(45(9)10)46(11)12)34-32-50(40-90-80(88)52-24-18-20-28-56(52)82)70(73)60(86-63)38-62-72-54(26-22-30-66(72)92-76(43(5)6)44(7)8)58(84-62)36-64-74-68(94-78(47(13)14)48(15)16)33-31-49(39-89-79(87)51-23-17-19-27-55(51)81)69(74)59(85-64)37-61(83-57)71(53)65/h17-38,41-48,75-78,83-84H,39-40H2,1-16H3. The van der Waals surface area contributed by atoms with Gasteiger partial charge in [0, 0.05) is 52.7 Å². The molecule has 490 valence electrons. The first-order valence-corrected chi connectivity index (χ1v) is 34.9. The predicted molar refractivity (Wildman–Crippen MR) is 388 cm³/mol. The van der Waals surface area contributed by atoms with E-state index in [2.05, 4.69) is 201 Å². The summed E-state index contributed by atoms with van der Waals surface area (Å²) in [6, 6.07) is 43.4. The maximum absolute atomic E-state index is 14.1. The molecule has 12 nitrogen and oxygen atoms in total. The van der Waals surface area contributed by atoms with E-state index in [1.807, 2.05) is 72.8 Å². The van der Waals surface area contributed by atoms with Gasteiger partial charge in [0.1, 0.15) is 60.6 Å². The fourth-order valence-corrected chi connectivity index (χ4v) is 14.8. The molecule has 2 aliphatic heterocycles. The first kappa shape index (κ1) is 67.5. The number of hydrogen-bond donors (Lipinski definition) is 2. The minimum Gasteiger partial charge on any atom is -0.489 e. The van der Waals surface area contributed by atoms with Gasteiger partial charge in [0.25, 0.3) is 0 Å². The summed E-state index contributed by atoms with van der Waals surface area (Å²) in [5, 5.41) is 3.49. The molecule has 0 aliphatic carbocycles. The summed E-state index contributed by atoms with van der Waals surface area (Å²) in [5.74, 6) is 3.19. The van der Waals surface area contributed by atoms with Crippen LogP contribution in [-0.4, -0.2) is 56.3 Å². The molecule has 3 aromatic heterocycles. The van der Waals surface area contributed by atoms with Gasteiger partial charge in [-0.3, -0.25) is 0 Å². The quantitative estimate of drug-likeness (QED) is 0.0629. The molecular weight excluding hydrogens is 1300 g/mol. The average molecular weight is 1390 g/mol. The molecule has 14 heteroatoms. The van der Waals surface area contributed by atoms with Crippen LogP contribution in [-0.2, 0) is 22.7 Å². The van der Waals surface area contributed by atoms with Crippen LogP contribution in [0.5, 0.6) is 23.0 Å². The molecule has 94 heavy (non-hydrogen) atoms. The SMILES string of the molecule is CC(C)C(Oc1ccc(COC(=O)c2ccccc2Br)c2c1-c1cc3[nH]c(cc4nc(cc5[nH]c(cc-2n1)c1c(OC(C(C)C)C(C)C)cccc51)-c1c(OC(C(C)C)C(C)C)ccc(COC(=O)c2ccccc2Br)c1-4)c1c(OC(C(C)C)C(C)C)cccc31)C(C)C. The minimum absolute atomic E-state index is 0.0656. The van der Waals surface area contributed by atoms with Gasteiger partial charge in [-0.15, -0.1) is 0 Å². The zero-order valence-corrected chi connectivity index (χ0v) is 60.1. The van der Waals surface area contributed by atoms with Gasteiger partial charge in [-0.25, -0.2) is 19.6 Å². The van der Waals surface area contributed by atoms with Crippen molar-refractivity contribution >= 4 is 87.4 Å². The third-order valence-corrected chi connectivity index (χ3v) is 19.4. The van der Waals surface area contributed by atoms with E-state index >= 15 is 0 Å². The number of ether oxygens (including phenoxy) is 6. The van der Waals surface area contributed by atoms with E-state index in [9.17, 15) is 9.59 Å². The summed E-state index contributed by atoms with van der Waals surface area (Å²) in [4.78, 5) is 47.6. The third kappa shape index (κ3) is 13.7. The van der Waals surface area contributed by atoms with Gasteiger partial charge in [-0.2, -0.15) is 0 Å². The lowest BCUT2D eigenvalue weighted by molar-refractivity contribution is 0.0463. The van der Waals surface area contributed by atoms with Gasteiger partial charge >= 0.3 is 11.9 Å². The van der Waals surface area contributed by atoms with Crippen LogP contribution in [0.4, 0.5) is 0 Å². The van der Waals surface area contributed by atoms with Crippen molar-refractivity contribution in [2.45, 2.75) is 148 Å². The molecule has 0 fully saturated rings. The lowest BCUT2D eigenvalue weighted by Crippen LogP contribution is -2.29. The number of hydrogen-bond acceptors (Lipinski definition) is 10. The maximum Gasteiger partial charge on any atom is 0.339 e. The molecule has 5 heterocycles. The van der Waals surface area contributed by atoms with Crippen molar-refractivity contribution in [3.8, 4) is 68.0 Å². The molecule has 0 atom stereocenters. The Hall–Kier alpha value is -7.94. The smallest absolute Gasteiger partial charge is 0.339 e. The van der Waals surface area contributed by atoms with Crippen LogP contribution in [0.25, 0.3) is 88.6 Å². The van der Waals surface area contributed by atoms with Gasteiger partial charge in [-0.05, 0) is 163 Å². The number of fused-ring (bicyclic) bond motifs is 20. The number of benzene rings is 6. The highest BCUT2D eigenvalue weighted by molar-refractivity contribution is 9.10. The predicted octanol–water partition coefficient (Wildman–Crippen LogP) is 21.8. The Morgan fingerprint density at radius 1 is 0.362 bits per heavy atom. The number of carbonyl (C=O) groups excluding carboxylic acids is 2. The zero-order chi connectivity index (χ0) is 67.1. The van der Waals surface area contributed by atoms with Crippen LogP contribution in [0.3, 0.4) is 0 Å². The summed E-state index contributed by atoms with van der Waals surface area (Å²) in [7, 11) is 0. The molecule has 0 unspecified atom stereocenters. The van der Waals surface area contributed by atoms with Crippen molar-refractivity contribution < 1.29 is 38.0 Å². The first-order valence-electron chi connectivity index (χ1n) is 33.3. The van der Waals surface area contributed by atoms with Crippen LogP contribution in [0.15, 0.2) is 142 Å². The van der Waals surface area contributed by atoms with E-state index in [0.29, 0.717) is 65.8 Å². The number of halogens is 2.